The monoisotopic (exact) mass is 502 g/mol. The Bertz CT molecular complexity index is 1290. The number of hydrogen-bond donors (Lipinski definition) is 1. The Morgan fingerprint density at radius 2 is 1.76 bits per heavy atom. The highest BCUT2D eigenvalue weighted by Crippen LogP contribution is 2.43. The van der Waals surface area contributed by atoms with E-state index >= 15 is 0 Å². The Balaban J connectivity index is 1.88. The minimum absolute atomic E-state index is 0.235. The lowest BCUT2D eigenvalue weighted by Crippen LogP contribution is -2.48. The van der Waals surface area contributed by atoms with Crippen LogP contribution in [0.5, 0.6) is 0 Å². The zero-order valence-electron chi connectivity index (χ0n) is 22.5. The standard InChI is InChI=1S/C30H38N4O3/c1-20(2)23-10-8-11-24(21(3)4)27(23)33(29(31)36)19-30(15-6-7-16-30)34-18-22(13-14-26(35)37-5)25-12-9-17-32-28(25)34/h8-14,17-18,20-21H,6-7,15-16,19H2,1-5H3,(H2,31,36). The van der Waals surface area contributed by atoms with E-state index in [-0.39, 0.29) is 17.4 Å². The van der Waals surface area contributed by atoms with E-state index in [1.165, 1.54) is 13.2 Å². The van der Waals surface area contributed by atoms with Gasteiger partial charge >= 0.3 is 12.0 Å². The molecular weight excluding hydrogens is 464 g/mol. The first-order valence-corrected chi connectivity index (χ1v) is 13.1. The molecule has 196 valence electrons. The first kappa shape index (κ1) is 26.5. The fraction of sp³-hybridized carbons (Fsp3) is 0.433. The van der Waals surface area contributed by atoms with Crippen LogP contribution in [0.15, 0.2) is 48.8 Å². The molecule has 0 aliphatic heterocycles. The van der Waals surface area contributed by atoms with Crippen LogP contribution in [-0.2, 0) is 15.1 Å². The van der Waals surface area contributed by atoms with E-state index in [4.69, 9.17) is 15.5 Å². The van der Waals surface area contributed by atoms with Gasteiger partial charge in [0.15, 0.2) is 0 Å². The molecule has 2 heterocycles. The fourth-order valence-corrected chi connectivity index (χ4v) is 5.70. The van der Waals surface area contributed by atoms with Crippen molar-refractivity contribution in [2.24, 2.45) is 5.73 Å². The predicted octanol–water partition coefficient (Wildman–Crippen LogP) is 6.32. The molecule has 2 aromatic heterocycles. The Labute approximate surface area is 219 Å². The zero-order valence-corrected chi connectivity index (χ0v) is 22.5. The van der Waals surface area contributed by atoms with Gasteiger partial charge in [-0.15, -0.1) is 0 Å². The molecule has 7 nitrogen and oxygen atoms in total. The molecule has 0 atom stereocenters. The smallest absolute Gasteiger partial charge is 0.330 e. The Hall–Kier alpha value is -3.61. The number of rotatable bonds is 8. The molecule has 2 N–H and O–H groups in total. The fourth-order valence-electron chi connectivity index (χ4n) is 5.70. The highest BCUT2D eigenvalue weighted by atomic mass is 16.5. The van der Waals surface area contributed by atoms with Gasteiger partial charge < -0.3 is 15.0 Å². The highest BCUT2D eigenvalue weighted by Gasteiger charge is 2.41. The molecule has 0 spiro atoms. The van der Waals surface area contributed by atoms with Gasteiger partial charge in [0.2, 0.25) is 0 Å². The van der Waals surface area contributed by atoms with Crippen LogP contribution in [0.3, 0.4) is 0 Å². The van der Waals surface area contributed by atoms with Gasteiger partial charge in [-0.1, -0.05) is 58.7 Å². The number of hydrogen-bond acceptors (Lipinski definition) is 4. The van der Waals surface area contributed by atoms with Gasteiger partial charge in [0, 0.05) is 29.4 Å². The van der Waals surface area contributed by atoms with Gasteiger partial charge in [0.1, 0.15) is 5.65 Å². The zero-order chi connectivity index (χ0) is 26.7. The summed E-state index contributed by atoms with van der Waals surface area (Å²) in [6, 6.07) is 9.73. The number of amides is 2. The van der Waals surface area contributed by atoms with Gasteiger partial charge in [-0.2, -0.15) is 0 Å². The number of nitrogens with zero attached hydrogens (tertiary/aromatic N) is 3. The average molecular weight is 503 g/mol. The number of ether oxygens (including phenoxy) is 1. The number of nitrogens with two attached hydrogens (primary N) is 1. The molecule has 0 unspecified atom stereocenters. The number of benzene rings is 1. The molecule has 1 aromatic carbocycles. The van der Waals surface area contributed by atoms with Gasteiger partial charge in [-0.05, 0) is 54.0 Å². The first-order chi connectivity index (χ1) is 17.7. The lowest BCUT2D eigenvalue weighted by Gasteiger charge is -2.38. The van der Waals surface area contributed by atoms with Crippen molar-refractivity contribution in [1.82, 2.24) is 9.55 Å². The molecule has 0 saturated heterocycles. The number of carbonyl (C=O) groups is 2. The Kier molecular flexibility index (Phi) is 7.71. The van der Waals surface area contributed by atoms with Gasteiger partial charge in [0.25, 0.3) is 0 Å². The van der Waals surface area contributed by atoms with Crippen LogP contribution in [0, 0.1) is 0 Å². The summed E-state index contributed by atoms with van der Waals surface area (Å²) in [4.78, 5) is 31.5. The van der Waals surface area contributed by atoms with Crippen LogP contribution in [0.25, 0.3) is 17.1 Å². The maximum Gasteiger partial charge on any atom is 0.330 e. The second kappa shape index (κ2) is 10.8. The summed E-state index contributed by atoms with van der Waals surface area (Å²) in [5, 5.41) is 0.949. The number of anilines is 1. The maximum absolute atomic E-state index is 13.2. The van der Waals surface area contributed by atoms with Crippen molar-refractivity contribution in [1.29, 1.82) is 0 Å². The van der Waals surface area contributed by atoms with Crippen molar-refractivity contribution in [3.63, 3.8) is 0 Å². The molecule has 3 aromatic rings. The SMILES string of the molecule is COC(=O)C=Cc1cn(C2(CN(C(N)=O)c3c(C(C)C)cccc3C(C)C)CCCC2)c2ncccc12. The molecule has 1 saturated carbocycles. The summed E-state index contributed by atoms with van der Waals surface area (Å²) in [6.07, 6.45) is 10.9. The van der Waals surface area contributed by atoms with Crippen LogP contribution < -0.4 is 10.6 Å². The topological polar surface area (TPSA) is 90.5 Å². The third kappa shape index (κ3) is 5.13. The maximum atomic E-state index is 13.2. The largest absolute Gasteiger partial charge is 0.466 e. The van der Waals surface area contributed by atoms with Crippen molar-refractivity contribution >= 4 is 34.8 Å². The van der Waals surface area contributed by atoms with Crippen molar-refractivity contribution in [3.05, 3.63) is 65.5 Å². The van der Waals surface area contributed by atoms with E-state index in [2.05, 4.69) is 56.7 Å². The van der Waals surface area contributed by atoms with Crippen molar-refractivity contribution in [3.8, 4) is 0 Å². The van der Waals surface area contributed by atoms with Crippen molar-refractivity contribution in [2.75, 3.05) is 18.6 Å². The summed E-state index contributed by atoms with van der Waals surface area (Å²) < 4.78 is 7.01. The number of aromatic nitrogens is 2. The van der Waals surface area contributed by atoms with Gasteiger partial charge in [-0.3, -0.25) is 4.90 Å². The molecule has 0 radical (unpaired) electrons. The number of fused-ring (bicyclic) bond motifs is 1. The second-order valence-corrected chi connectivity index (χ2v) is 10.6. The number of urea groups is 1. The van der Waals surface area contributed by atoms with Gasteiger partial charge in [-0.25, -0.2) is 14.6 Å². The summed E-state index contributed by atoms with van der Waals surface area (Å²) in [5.74, 6) is 0.0604. The lowest BCUT2D eigenvalue weighted by molar-refractivity contribution is -0.134. The number of carbonyl (C=O) groups excluding carboxylic acids is 2. The minimum atomic E-state index is -0.448. The molecule has 4 rings (SSSR count). The molecule has 2 amide bonds. The van der Waals surface area contributed by atoms with Crippen LogP contribution >= 0.6 is 0 Å². The number of pyridine rings is 1. The summed E-state index contributed by atoms with van der Waals surface area (Å²) in [6.45, 7) is 9.05. The summed E-state index contributed by atoms with van der Waals surface area (Å²) >= 11 is 0. The summed E-state index contributed by atoms with van der Waals surface area (Å²) in [7, 11) is 1.36. The molecule has 7 heteroatoms. The molecular formula is C30H38N4O3. The second-order valence-electron chi connectivity index (χ2n) is 10.6. The molecule has 1 fully saturated rings. The Morgan fingerprint density at radius 1 is 1.11 bits per heavy atom. The quantitative estimate of drug-likeness (QED) is 0.288. The van der Waals surface area contributed by atoms with E-state index in [9.17, 15) is 9.59 Å². The minimum Gasteiger partial charge on any atom is -0.466 e. The number of para-hydroxylation sites is 1. The van der Waals surface area contributed by atoms with E-state index < -0.39 is 12.0 Å². The van der Waals surface area contributed by atoms with Crippen LogP contribution in [0.4, 0.5) is 10.5 Å². The van der Waals surface area contributed by atoms with E-state index in [1.54, 1.807) is 17.2 Å². The van der Waals surface area contributed by atoms with Crippen LogP contribution in [-0.4, -0.2) is 35.2 Å². The summed E-state index contributed by atoms with van der Waals surface area (Å²) in [5.41, 5.74) is 10.6. The van der Waals surface area contributed by atoms with Crippen LogP contribution in [0.1, 0.15) is 81.9 Å². The third-order valence-corrected chi connectivity index (χ3v) is 7.57. The van der Waals surface area contributed by atoms with E-state index in [0.29, 0.717) is 6.54 Å². The van der Waals surface area contributed by atoms with E-state index in [1.807, 2.05) is 12.1 Å². The number of primary amides is 1. The number of methoxy groups -OCH3 is 1. The average Bonchev–Trinajstić information content (AvgIpc) is 3.50. The lowest BCUT2D eigenvalue weighted by atomic mass is 9.90. The molecule has 1 aliphatic rings. The third-order valence-electron chi connectivity index (χ3n) is 7.57. The predicted molar refractivity (Wildman–Crippen MR) is 149 cm³/mol. The molecule has 0 bridgehead atoms. The van der Waals surface area contributed by atoms with Crippen molar-refractivity contribution in [2.45, 2.75) is 70.8 Å². The van der Waals surface area contributed by atoms with Crippen molar-refractivity contribution < 1.29 is 14.3 Å². The van der Waals surface area contributed by atoms with Crippen LogP contribution in [0.2, 0.25) is 0 Å². The van der Waals surface area contributed by atoms with E-state index in [0.717, 1.165) is 59.1 Å². The number of esters is 1. The normalized spacial score (nSPS) is 15.2. The highest BCUT2D eigenvalue weighted by molar-refractivity contribution is 5.94. The van der Waals surface area contributed by atoms with Gasteiger partial charge in [0.05, 0.1) is 24.9 Å². The molecule has 37 heavy (non-hydrogen) atoms. The molecule has 1 aliphatic carbocycles. The first-order valence-electron chi connectivity index (χ1n) is 13.1. The Morgan fingerprint density at radius 3 is 2.32 bits per heavy atom.